The van der Waals surface area contributed by atoms with Gasteiger partial charge in [0.2, 0.25) is 5.91 Å². The quantitative estimate of drug-likeness (QED) is 0.786. The molecule has 1 fully saturated rings. The summed E-state index contributed by atoms with van der Waals surface area (Å²) in [6.07, 6.45) is 2.22. The number of hydrogen-bond donors (Lipinski definition) is 1. The number of amides is 2. The van der Waals surface area contributed by atoms with Gasteiger partial charge in [-0.25, -0.2) is 5.01 Å². The van der Waals surface area contributed by atoms with Crippen molar-refractivity contribution >= 4 is 17.5 Å². The fourth-order valence-electron chi connectivity index (χ4n) is 4.01. The van der Waals surface area contributed by atoms with Gasteiger partial charge in [0.1, 0.15) is 17.6 Å². The van der Waals surface area contributed by atoms with E-state index in [0.29, 0.717) is 26.1 Å². The van der Waals surface area contributed by atoms with Gasteiger partial charge in [-0.1, -0.05) is 0 Å². The molecule has 0 aliphatic carbocycles. The Morgan fingerprint density at radius 2 is 1.93 bits per heavy atom. The molecule has 2 aromatic rings. The minimum absolute atomic E-state index is 0.0359. The number of rotatable bonds is 5. The van der Waals surface area contributed by atoms with Crippen LogP contribution in [-0.2, 0) is 9.59 Å². The lowest BCUT2D eigenvalue weighted by atomic mass is 10.0. The number of piperazine rings is 1. The molecule has 0 spiro atoms. The van der Waals surface area contributed by atoms with Crippen molar-refractivity contribution in [1.29, 1.82) is 0 Å². The van der Waals surface area contributed by atoms with E-state index in [0.717, 1.165) is 35.9 Å². The monoisotopic (exact) mass is 411 g/mol. The van der Waals surface area contributed by atoms with Crippen LogP contribution in [0.1, 0.15) is 30.7 Å². The summed E-state index contributed by atoms with van der Waals surface area (Å²) in [6.45, 7) is 4.82. The van der Waals surface area contributed by atoms with Crippen LogP contribution >= 0.6 is 0 Å². The van der Waals surface area contributed by atoms with Gasteiger partial charge in [0.05, 0.1) is 45.3 Å². The van der Waals surface area contributed by atoms with Crippen LogP contribution in [-0.4, -0.2) is 67.3 Å². The Labute approximate surface area is 175 Å². The molecule has 3 heterocycles. The van der Waals surface area contributed by atoms with Gasteiger partial charge in [0.25, 0.3) is 5.91 Å². The van der Waals surface area contributed by atoms with Crippen molar-refractivity contribution in [3.05, 3.63) is 54.0 Å². The minimum Gasteiger partial charge on any atom is -0.497 e. The van der Waals surface area contributed by atoms with Crippen molar-refractivity contribution in [2.45, 2.75) is 19.4 Å². The van der Waals surface area contributed by atoms with E-state index >= 15 is 0 Å². The lowest BCUT2D eigenvalue weighted by Gasteiger charge is -2.32. The first-order chi connectivity index (χ1) is 14.5. The van der Waals surface area contributed by atoms with Crippen LogP contribution in [0.4, 0.5) is 0 Å². The first kappa shape index (κ1) is 20.2. The van der Waals surface area contributed by atoms with Crippen molar-refractivity contribution < 1.29 is 23.6 Å². The highest BCUT2D eigenvalue weighted by molar-refractivity contribution is 6.03. The number of quaternary nitrogens is 1. The van der Waals surface area contributed by atoms with E-state index in [1.165, 1.54) is 4.90 Å². The number of hydrogen-bond acceptors (Lipinski definition) is 5. The number of furan rings is 1. The molecule has 8 heteroatoms. The zero-order valence-electron chi connectivity index (χ0n) is 17.3. The number of methoxy groups -OCH3 is 1. The number of hydrazone groups is 1. The summed E-state index contributed by atoms with van der Waals surface area (Å²) in [5.74, 6) is 1.56. The summed E-state index contributed by atoms with van der Waals surface area (Å²) in [6, 6.07) is 11.2. The second-order valence-electron chi connectivity index (χ2n) is 7.68. The minimum atomic E-state index is -0.248. The average molecular weight is 411 g/mol. The van der Waals surface area contributed by atoms with Crippen LogP contribution < -0.4 is 9.64 Å². The second-order valence-corrected chi connectivity index (χ2v) is 7.68. The van der Waals surface area contributed by atoms with Crippen LogP contribution in [0.15, 0.2) is 52.2 Å². The molecule has 1 aromatic heterocycles. The van der Waals surface area contributed by atoms with Gasteiger partial charge in [0, 0.05) is 13.3 Å². The maximum Gasteiger partial charge on any atom is 0.298 e. The summed E-state index contributed by atoms with van der Waals surface area (Å²) in [5, 5.41) is 6.25. The van der Waals surface area contributed by atoms with Crippen LogP contribution in [0.2, 0.25) is 0 Å². The molecule has 0 unspecified atom stereocenters. The number of ether oxygens (including phenoxy) is 1. The molecule has 0 saturated carbocycles. The molecule has 0 bridgehead atoms. The van der Waals surface area contributed by atoms with Crippen LogP contribution in [0.5, 0.6) is 5.75 Å². The molecule has 1 saturated heterocycles. The first-order valence-corrected chi connectivity index (χ1v) is 10.2. The molecule has 0 radical (unpaired) electrons. The van der Waals surface area contributed by atoms with E-state index in [9.17, 15) is 9.59 Å². The molecular formula is C22H27N4O4+. The molecule has 2 amide bonds. The average Bonchev–Trinajstić information content (AvgIpc) is 3.44. The lowest BCUT2D eigenvalue weighted by molar-refractivity contribution is -0.896. The predicted octanol–water partition coefficient (Wildman–Crippen LogP) is 0.713. The van der Waals surface area contributed by atoms with Crippen molar-refractivity contribution in [3.63, 3.8) is 0 Å². The fraction of sp³-hybridized carbons (Fsp3) is 0.409. The third-order valence-electron chi connectivity index (χ3n) is 5.78. The number of nitrogens with one attached hydrogen (secondary N) is 1. The highest BCUT2D eigenvalue weighted by Crippen LogP contribution is 2.33. The van der Waals surface area contributed by atoms with Crippen molar-refractivity contribution in [3.8, 4) is 5.75 Å². The number of carbonyl (C=O) groups is 2. The summed E-state index contributed by atoms with van der Waals surface area (Å²) in [7, 11) is 1.63. The zero-order valence-corrected chi connectivity index (χ0v) is 17.3. The van der Waals surface area contributed by atoms with Gasteiger partial charge >= 0.3 is 0 Å². The standard InChI is InChI=1S/C22H26N4O4/c1-16(27)25-11-9-24(10-12-25)15-22(28)26-20(21-4-3-13-30-21)14-19(23-26)17-5-7-18(29-2)8-6-17/h3-8,13,20H,9-12,14-15H2,1-2H3/p+1/t20-/m1/s1. The van der Waals surface area contributed by atoms with Crippen LogP contribution in [0, 0.1) is 0 Å². The first-order valence-electron chi connectivity index (χ1n) is 10.2. The van der Waals surface area contributed by atoms with Crippen LogP contribution in [0.25, 0.3) is 0 Å². The highest BCUT2D eigenvalue weighted by Gasteiger charge is 2.36. The topological polar surface area (TPSA) is 79.8 Å². The Bertz CT molecular complexity index is 915. The maximum atomic E-state index is 13.2. The molecule has 2 aliphatic rings. The summed E-state index contributed by atoms with van der Waals surface area (Å²) in [4.78, 5) is 27.7. The third kappa shape index (κ3) is 4.23. The lowest BCUT2D eigenvalue weighted by Crippen LogP contribution is -3.15. The van der Waals surface area contributed by atoms with Gasteiger partial charge in [0.15, 0.2) is 6.54 Å². The SMILES string of the molecule is COc1ccc(C2=NN(C(=O)C[NH+]3CCN(C(C)=O)CC3)[C@@H](c3ccco3)C2)cc1. The molecule has 158 valence electrons. The van der Waals surface area contributed by atoms with Crippen molar-refractivity contribution in [1.82, 2.24) is 9.91 Å². The Kier molecular flexibility index (Phi) is 5.85. The largest absolute Gasteiger partial charge is 0.497 e. The van der Waals surface area contributed by atoms with E-state index in [1.54, 1.807) is 25.3 Å². The van der Waals surface area contributed by atoms with Crippen molar-refractivity contribution in [2.24, 2.45) is 5.10 Å². The van der Waals surface area contributed by atoms with Gasteiger partial charge in [-0.3, -0.25) is 9.59 Å². The van der Waals surface area contributed by atoms with E-state index in [-0.39, 0.29) is 17.9 Å². The van der Waals surface area contributed by atoms with Crippen LogP contribution in [0.3, 0.4) is 0 Å². The molecule has 8 nitrogen and oxygen atoms in total. The maximum absolute atomic E-state index is 13.2. The molecule has 1 aromatic carbocycles. The van der Waals surface area contributed by atoms with Gasteiger partial charge in [-0.2, -0.15) is 5.10 Å². The Hall–Kier alpha value is -3.13. The van der Waals surface area contributed by atoms with Gasteiger partial charge < -0.3 is 19.0 Å². The van der Waals surface area contributed by atoms with E-state index < -0.39 is 0 Å². The van der Waals surface area contributed by atoms with Gasteiger partial charge in [-0.15, -0.1) is 0 Å². The molecule has 30 heavy (non-hydrogen) atoms. The normalized spacial score (nSPS) is 19.7. The molecular weight excluding hydrogens is 384 g/mol. The third-order valence-corrected chi connectivity index (χ3v) is 5.78. The van der Waals surface area contributed by atoms with Crippen molar-refractivity contribution in [2.75, 3.05) is 39.8 Å². The summed E-state index contributed by atoms with van der Waals surface area (Å²) >= 11 is 0. The molecule has 4 rings (SSSR count). The number of carbonyl (C=O) groups excluding carboxylic acids is 2. The predicted molar refractivity (Wildman–Crippen MR) is 110 cm³/mol. The van der Waals surface area contributed by atoms with E-state index in [4.69, 9.17) is 9.15 Å². The molecule has 2 aliphatic heterocycles. The second kappa shape index (κ2) is 8.71. The van der Waals surface area contributed by atoms with Gasteiger partial charge in [-0.05, 0) is 42.0 Å². The fourth-order valence-corrected chi connectivity index (χ4v) is 4.01. The van der Waals surface area contributed by atoms with E-state index in [1.807, 2.05) is 41.3 Å². The zero-order chi connectivity index (χ0) is 21.1. The van der Waals surface area contributed by atoms with E-state index in [2.05, 4.69) is 5.10 Å². The smallest absolute Gasteiger partial charge is 0.298 e. The molecule has 1 atom stereocenters. The number of benzene rings is 1. The number of nitrogens with zero attached hydrogens (tertiary/aromatic N) is 3. The molecule has 1 N–H and O–H groups in total. The summed E-state index contributed by atoms with van der Waals surface area (Å²) < 4.78 is 10.8. The Morgan fingerprint density at radius 1 is 1.20 bits per heavy atom. The Morgan fingerprint density at radius 3 is 2.53 bits per heavy atom. The highest BCUT2D eigenvalue weighted by atomic mass is 16.5. The Balaban J connectivity index is 1.49. The summed E-state index contributed by atoms with van der Waals surface area (Å²) in [5.41, 5.74) is 1.81.